The van der Waals surface area contributed by atoms with Gasteiger partial charge in [0, 0.05) is 19.2 Å². The van der Waals surface area contributed by atoms with E-state index in [0.717, 1.165) is 35.4 Å². The molecule has 0 atom stereocenters. The highest BCUT2D eigenvalue weighted by molar-refractivity contribution is 7.22. The number of anilines is 1. The Hall–Kier alpha value is -2.25. The van der Waals surface area contributed by atoms with Gasteiger partial charge in [-0.05, 0) is 31.6 Å². The van der Waals surface area contributed by atoms with Crippen LogP contribution in [0.5, 0.6) is 0 Å². The number of thiazole rings is 1. The van der Waals surface area contributed by atoms with Gasteiger partial charge in [-0.3, -0.25) is 9.69 Å². The van der Waals surface area contributed by atoms with Gasteiger partial charge in [-0.1, -0.05) is 42.5 Å². The Bertz CT molecular complexity index is 840. The van der Waals surface area contributed by atoms with Crippen LogP contribution in [0.25, 0.3) is 10.2 Å². The summed E-state index contributed by atoms with van der Waals surface area (Å²) in [5.74, 6) is 0.0249. The Morgan fingerprint density at radius 1 is 1.20 bits per heavy atom. The Morgan fingerprint density at radius 3 is 2.64 bits per heavy atom. The third kappa shape index (κ3) is 3.72. The average molecular weight is 358 g/mol. The molecule has 3 rings (SSSR count). The van der Waals surface area contributed by atoms with Gasteiger partial charge in [-0.2, -0.15) is 0 Å². The van der Waals surface area contributed by atoms with Crippen molar-refractivity contribution in [1.82, 2.24) is 15.0 Å². The summed E-state index contributed by atoms with van der Waals surface area (Å²) >= 11 is 1.53. The largest absolute Gasteiger partial charge is 0.351 e. The van der Waals surface area contributed by atoms with Crippen LogP contribution < -0.4 is 4.90 Å². The SMILES string of the molecule is CCN(CC)CCN(C(=O)c1ccno1)c1nc2c(C)cccc2s1. The number of nitrogens with zero attached hydrogens (tertiary/aromatic N) is 4. The Morgan fingerprint density at radius 2 is 2.00 bits per heavy atom. The smallest absolute Gasteiger partial charge is 0.298 e. The number of carbonyl (C=O) groups excluding carboxylic acids is 1. The molecule has 1 aromatic carbocycles. The second-order valence-electron chi connectivity index (χ2n) is 5.78. The van der Waals surface area contributed by atoms with Crippen molar-refractivity contribution in [3.05, 3.63) is 41.8 Å². The minimum atomic E-state index is -0.207. The number of benzene rings is 1. The molecule has 132 valence electrons. The molecule has 25 heavy (non-hydrogen) atoms. The zero-order valence-electron chi connectivity index (χ0n) is 14.7. The maximum atomic E-state index is 12.9. The zero-order valence-corrected chi connectivity index (χ0v) is 15.5. The highest BCUT2D eigenvalue weighted by Crippen LogP contribution is 2.31. The fraction of sp³-hybridized carbons (Fsp3) is 0.389. The summed E-state index contributed by atoms with van der Waals surface area (Å²) < 4.78 is 6.15. The summed E-state index contributed by atoms with van der Waals surface area (Å²) in [6, 6.07) is 7.67. The van der Waals surface area contributed by atoms with E-state index in [1.165, 1.54) is 17.5 Å². The van der Waals surface area contributed by atoms with Crippen LogP contribution in [0.3, 0.4) is 0 Å². The van der Waals surface area contributed by atoms with Crippen molar-refractivity contribution in [2.75, 3.05) is 31.1 Å². The van der Waals surface area contributed by atoms with Crippen LogP contribution in [-0.4, -0.2) is 47.1 Å². The second kappa shape index (κ2) is 7.76. The molecule has 1 amide bonds. The van der Waals surface area contributed by atoms with Crippen molar-refractivity contribution in [1.29, 1.82) is 0 Å². The summed E-state index contributed by atoms with van der Waals surface area (Å²) in [5, 5.41) is 4.35. The topological polar surface area (TPSA) is 62.5 Å². The van der Waals surface area contributed by atoms with Crippen LogP contribution in [0, 0.1) is 6.92 Å². The van der Waals surface area contributed by atoms with Gasteiger partial charge in [0.15, 0.2) is 5.13 Å². The Kier molecular flexibility index (Phi) is 5.45. The summed E-state index contributed by atoms with van der Waals surface area (Å²) in [6.45, 7) is 9.49. The molecule has 6 nitrogen and oxygen atoms in total. The third-order valence-electron chi connectivity index (χ3n) is 4.27. The molecule has 3 aromatic rings. The minimum absolute atomic E-state index is 0.207. The molecule has 2 aromatic heterocycles. The van der Waals surface area contributed by atoms with E-state index in [9.17, 15) is 4.79 Å². The van der Waals surface area contributed by atoms with Gasteiger partial charge >= 0.3 is 0 Å². The van der Waals surface area contributed by atoms with Crippen LogP contribution in [0.15, 0.2) is 35.0 Å². The lowest BCUT2D eigenvalue weighted by Gasteiger charge is -2.23. The van der Waals surface area contributed by atoms with E-state index in [2.05, 4.69) is 23.9 Å². The molecule has 0 saturated heterocycles. The second-order valence-corrected chi connectivity index (χ2v) is 6.79. The van der Waals surface area contributed by atoms with Gasteiger partial charge in [0.1, 0.15) is 0 Å². The molecule has 0 aliphatic heterocycles. The average Bonchev–Trinajstić information content (AvgIpc) is 3.28. The van der Waals surface area contributed by atoms with Crippen LogP contribution >= 0.6 is 11.3 Å². The fourth-order valence-corrected chi connectivity index (χ4v) is 3.78. The van der Waals surface area contributed by atoms with Crippen LogP contribution in [-0.2, 0) is 0 Å². The first-order chi connectivity index (χ1) is 12.1. The van der Waals surface area contributed by atoms with E-state index >= 15 is 0 Å². The highest BCUT2D eigenvalue weighted by atomic mass is 32.1. The minimum Gasteiger partial charge on any atom is -0.351 e. The van der Waals surface area contributed by atoms with E-state index in [0.29, 0.717) is 11.7 Å². The van der Waals surface area contributed by atoms with E-state index in [1.54, 1.807) is 11.0 Å². The van der Waals surface area contributed by atoms with E-state index < -0.39 is 0 Å². The van der Waals surface area contributed by atoms with Gasteiger partial charge < -0.3 is 9.42 Å². The molecular formula is C18H22N4O2S. The molecule has 7 heteroatoms. The maximum absolute atomic E-state index is 12.9. The molecule has 0 fully saturated rings. The van der Waals surface area contributed by atoms with Gasteiger partial charge in [-0.15, -0.1) is 0 Å². The van der Waals surface area contributed by atoms with Crippen molar-refractivity contribution in [3.63, 3.8) is 0 Å². The summed E-state index contributed by atoms with van der Waals surface area (Å²) in [6.07, 6.45) is 1.48. The predicted octanol–water partition coefficient (Wildman–Crippen LogP) is 3.58. The van der Waals surface area contributed by atoms with Crippen molar-refractivity contribution in [2.45, 2.75) is 20.8 Å². The van der Waals surface area contributed by atoms with E-state index in [4.69, 9.17) is 9.51 Å². The van der Waals surface area contributed by atoms with Crippen LogP contribution in [0.2, 0.25) is 0 Å². The molecule has 0 radical (unpaired) electrons. The van der Waals surface area contributed by atoms with Gasteiger partial charge in [0.05, 0.1) is 16.4 Å². The standard InChI is InChI=1S/C18H22N4O2S/c1-4-21(5-2)11-12-22(17(23)14-9-10-19-24-14)18-20-16-13(3)7-6-8-15(16)25-18/h6-10H,4-5,11-12H2,1-3H3. The molecule has 0 aliphatic carbocycles. The number of aryl methyl sites for hydroxylation is 1. The first-order valence-corrected chi connectivity index (χ1v) is 9.26. The number of hydrogen-bond acceptors (Lipinski definition) is 6. The lowest BCUT2D eigenvalue weighted by atomic mass is 10.2. The first kappa shape index (κ1) is 17.6. The van der Waals surface area contributed by atoms with Crippen molar-refractivity contribution in [3.8, 4) is 0 Å². The number of hydrogen-bond donors (Lipinski definition) is 0. The third-order valence-corrected chi connectivity index (χ3v) is 5.31. The number of fused-ring (bicyclic) bond motifs is 1. The van der Waals surface area contributed by atoms with Crippen molar-refractivity contribution >= 4 is 32.6 Å². The molecule has 0 saturated carbocycles. The van der Waals surface area contributed by atoms with Gasteiger partial charge in [0.25, 0.3) is 5.91 Å². The van der Waals surface area contributed by atoms with E-state index in [1.807, 2.05) is 25.1 Å². The maximum Gasteiger partial charge on any atom is 0.298 e. The number of amides is 1. The molecule has 0 aliphatic rings. The Labute approximate surface area is 151 Å². The first-order valence-electron chi connectivity index (χ1n) is 8.45. The zero-order chi connectivity index (χ0) is 17.8. The summed E-state index contributed by atoms with van der Waals surface area (Å²) in [5.41, 5.74) is 2.05. The molecule has 0 N–H and O–H groups in total. The fourth-order valence-electron chi connectivity index (χ4n) is 2.71. The lowest BCUT2D eigenvalue weighted by Crippen LogP contribution is -2.38. The quantitative estimate of drug-likeness (QED) is 0.646. The van der Waals surface area contributed by atoms with E-state index in [-0.39, 0.29) is 11.7 Å². The monoisotopic (exact) mass is 358 g/mol. The number of aromatic nitrogens is 2. The molecule has 2 heterocycles. The summed E-state index contributed by atoms with van der Waals surface area (Å²) in [4.78, 5) is 21.6. The molecular weight excluding hydrogens is 336 g/mol. The highest BCUT2D eigenvalue weighted by Gasteiger charge is 2.24. The number of likely N-dealkylation sites (N-methyl/N-ethyl adjacent to an activating group) is 1. The summed E-state index contributed by atoms with van der Waals surface area (Å²) in [7, 11) is 0. The van der Waals surface area contributed by atoms with Gasteiger partial charge in [0.2, 0.25) is 5.76 Å². The molecule has 0 spiro atoms. The number of para-hydroxylation sites is 1. The predicted molar refractivity (Wildman–Crippen MR) is 100 cm³/mol. The lowest BCUT2D eigenvalue weighted by molar-refractivity contribution is 0.0948. The van der Waals surface area contributed by atoms with Crippen LogP contribution in [0.1, 0.15) is 30.0 Å². The molecule has 0 bridgehead atoms. The van der Waals surface area contributed by atoms with Crippen molar-refractivity contribution < 1.29 is 9.32 Å². The molecule has 0 unspecified atom stereocenters. The van der Waals surface area contributed by atoms with Crippen LogP contribution in [0.4, 0.5) is 5.13 Å². The van der Waals surface area contributed by atoms with Crippen molar-refractivity contribution in [2.24, 2.45) is 0 Å². The van der Waals surface area contributed by atoms with Gasteiger partial charge in [-0.25, -0.2) is 4.98 Å². The Balaban J connectivity index is 1.94. The number of carbonyl (C=O) groups is 1. The number of rotatable bonds is 7. The normalized spacial score (nSPS) is 11.4.